The Labute approximate surface area is 189 Å². The van der Waals surface area contributed by atoms with Crippen LogP contribution in [0.3, 0.4) is 0 Å². The average molecular weight is 417 g/mol. The lowest BCUT2D eigenvalue weighted by molar-refractivity contribution is 0.245. The monoisotopic (exact) mass is 416 g/mol. The number of nitrogens with zero attached hydrogens (tertiary/aromatic N) is 1. The number of hydrogen-bond donors (Lipinski definition) is 1. The minimum atomic E-state index is 0.870. The van der Waals surface area contributed by atoms with E-state index < -0.39 is 0 Å². The number of unbranched alkanes of at least 4 members (excludes halogenated alkanes) is 7. The predicted octanol–water partition coefficient (Wildman–Crippen LogP) is 7.61. The Morgan fingerprint density at radius 3 is 1.97 bits per heavy atom. The molecule has 0 bridgehead atoms. The van der Waals surface area contributed by atoms with Crippen LogP contribution in [0.1, 0.15) is 109 Å². The Balaban J connectivity index is 2.30. The molecular formula is C28H52N2. The van der Waals surface area contributed by atoms with E-state index in [1.165, 1.54) is 101 Å². The summed E-state index contributed by atoms with van der Waals surface area (Å²) in [6.45, 7) is 11.5. The van der Waals surface area contributed by atoms with Gasteiger partial charge < -0.3 is 10.2 Å². The highest BCUT2D eigenvalue weighted by molar-refractivity contribution is 5.22. The second kappa shape index (κ2) is 18.9. The lowest BCUT2D eigenvalue weighted by Crippen LogP contribution is -2.25. The van der Waals surface area contributed by atoms with Gasteiger partial charge in [-0.05, 0) is 62.9 Å². The SMILES string of the molecule is CCCCCCNCCc1ccc(CN(C)CC(CCCC)CCCCCC)cc1. The highest BCUT2D eigenvalue weighted by atomic mass is 15.1. The van der Waals surface area contributed by atoms with E-state index in [9.17, 15) is 0 Å². The zero-order chi connectivity index (χ0) is 21.9. The van der Waals surface area contributed by atoms with E-state index >= 15 is 0 Å². The van der Waals surface area contributed by atoms with Crippen molar-refractivity contribution in [2.45, 2.75) is 111 Å². The summed E-state index contributed by atoms with van der Waals surface area (Å²) in [4.78, 5) is 2.55. The third-order valence-electron chi connectivity index (χ3n) is 6.27. The van der Waals surface area contributed by atoms with Crippen molar-refractivity contribution in [3.05, 3.63) is 35.4 Å². The Hall–Kier alpha value is -0.860. The fourth-order valence-corrected chi connectivity index (χ4v) is 4.34. The van der Waals surface area contributed by atoms with Gasteiger partial charge in [-0.1, -0.05) is 103 Å². The first-order valence-corrected chi connectivity index (χ1v) is 13.2. The quantitative estimate of drug-likeness (QED) is 0.220. The first-order chi connectivity index (χ1) is 14.7. The molecule has 0 aliphatic heterocycles. The third kappa shape index (κ3) is 14.2. The molecule has 1 unspecified atom stereocenters. The standard InChI is InChI=1S/C28H52N2/c1-5-8-11-13-16-27(15-10-7-3)24-30(4)25-28-19-17-26(18-20-28)21-23-29-22-14-12-9-6-2/h17-20,27,29H,5-16,21-25H2,1-4H3. The van der Waals surface area contributed by atoms with Crippen molar-refractivity contribution in [1.29, 1.82) is 0 Å². The molecule has 0 aliphatic carbocycles. The molecule has 30 heavy (non-hydrogen) atoms. The largest absolute Gasteiger partial charge is 0.316 e. The van der Waals surface area contributed by atoms with Crippen LogP contribution in [-0.4, -0.2) is 31.6 Å². The van der Waals surface area contributed by atoms with Gasteiger partial charge in [-0.2, -0.15) is 0 Å². The molecule has 174 valence electrons. The fourth-order valence-electron chi connectivity index (χ4n) is 4.34. The van der Waals surface area contributed by atoms with Gasteiger partial charge in [-0.15, -0.1) is 0 Å². The summed E-state index contributed by atoms with van der Waals surface area (Å²) in [6, 6.07) is 9.35. The van der Waals surface area contributed by atoms with Crippen LogP contribution in [0.25, 0.3) is 0 Å². The van der Waals surface area contributed by atoms with Crippen LogP contribution < -0.4 is 5.32 Å². The van der Waals surface area contributed by atoms with Crippen LogP contribution in [-0.2, 0) is 13.0 Å². The summed E-state index contributed by atoms with van der Waals surface area (Å²) in [5.41, 5.74) is 2.91. The molecule has 2 heteroatoms. The van der Waals surface area contributed by atoms with E-state index in [4.69, 9.17) is 0 Å². The van der Waals surface area contributed by atoms with Crippen LogP contribution in [0.15, 0.2) is 24.3 Å². The molecule has 0 aliphatic rings. The molecule has 2 nitrogen and oxygen atoms in total. The molecule has 0 aromatic heterocycles. The lowest BCUT2D eigenvalue weighted by atomic mass is 9.94. The van der Waals surface area contributed by atoms with E-state index in [1.807, 2.05) is 0 Å². The number of benzene rings is 1. The highest BCUT2D eigenvalue weighted by Crippen LogP contribution is 2.19. The van der Waals surface area contributed by atoms with Crippen molar-refractivity contribution in [2.24, 2.45) is 5.92 Å². The first kappa shape index (κ1) is 27.2. The molecule has 0 radical (unpaired) electrons. The third-order valence-corrected chi connectivity index (χ3v) is 6.27. The van der Waals surface area contributed by atoms with E-state index in [1.54, 1.807) is 0 Å². The molecule has 0 saturated carbocycles. The Bertz CT molecular complexity index is 482. The van der Waals surface area contributed by atoms with Gasteiger partial charge in [-0.25, -0.2) is 0 Å². The summed E-state index contributed by atoms with van der Waals surface area (Å²) >= 11 is 0. The maximum absolute atomic E-state index is 3.59. The minimum absolute atomic E-state index is 0.870. The molecule has 1 aromatic carbocycles. The number of nitrogens with one attached hydrogen (secondary N) is 1. The highest BCUT2D eigenvalue weighted by Gasteiger charge is 2.12. The molecule has 0 spiro atoms. The van der Waals surface area contributed by atoms with Crippen molar-refractivity contribution in [1.82, 2.24) is 10.2 Å². The van der Waals surface area contributed by atoms with Gasteiger partial charge >= 0.3 is 0 Å². The van der Waals surface area contributed by atoms with Crippen molar-refractivity contribution >= 4 is 0 Å². The average Bonchev–Trinajstić information content (AvgIpc) is 2.75. The van der Waals surface area contributed by atoms with Gasteiger partial charge in [0.15, 0.2) is 0 Å². The van der Waals surface area contributed by atoms with E-state index in [2.05, 4.69) is 62.3 Å². The maximum atomic E-state index is 3.59. The summed E-state index contributed by atoms with van der Waals surface area (Å²) in [5.74, 6) is 0.870. The minimum Gasteiger partial charge on any atom is -0.316 e. The van der Waals surface area contributed by atoms with Crippen molar-refractivity contribution in [3.8, 4) is 0 Å². The second-order valence-corrected chi connectivity index (χ2v) is 9.43. The number of rotatable bonds is 20. The Morgan fingerprint density at radius 1 is 0.700 bits per heavy atom. The number of hydrogen-bond acceptors (Lipinski definition) is 2. The van der Waals surface area contributed by atoms with Crippen LogP contribution >= 0.6 is 0 Å². The van der Waals surface area contributed by atoms with Crippen LogP contribution in [0.2, 0.25) is 0 Å². The lowest BCUT2D eigenvalue weighted by Gasteiger charge is -2.24. The first-order valence-electron chi connectivity index (χ1n) is 13.2. The van der Waals surface area contributed by atoms with Crippen molar-refractivity contribution < 1.29 is 0 Å². The van der Waals surface area contributed by atoms with Crippen LogP contribution in [0.4, 0.5) is 0 Å². The van der Waals surface area contributed by atoms with E-state index in [0.29, 0.717) is 0 Å². The molecular weight excluding hydrogens is 364 g/mol. The molecule has 0 heterocycles. The normalized spacial score (nSPS) is 12.6. The molecule has 0 fully saturated rings. The molecule has 1 aromatic rings. The van der Waals surface area contributed by atoms with Crippen molar-refractivity contribution in [2.75, 3.05) is 26.7 Å². The second-order valence-electron chi connectivity index (χ2n) is 9.43. The van der Waals surface area contributed by atoms with E-state index in [0.717, 1.165) is 25.4 Å². The molecule has 0 amide bonds. The fraction of sp³-hybridized carbons (Fsp3) is 0.786. The summed E-state index contributed by atoms with van der Waals surface area (Å²) in [6.07, 6.45) is 17.6. The molecule has 0 saturated heterocycles. The molecule has 1 N–H and O–H groups in total. The zero-order valence-electron chi connectivity index (χ0n) is 20.9. The van der Waals surface area contributed by atoms with Gasteiger partial charge in [-0.3, -0.25) is 0 Å². The van der Waals surface area contributed by atoms with Gasteiger partial charge in [0.1, 0.15) is 0 Å². The smallest absolute Gasteiger partial charge is 0.0230 e. The summed E-state index contributed by atoms with van der Waals surface area (Å²) in [5, 5.41) is 3.59. The zero-order valence-corrected chi connectivity index (χ0v) is 20.9. The van der Waals surface area contributed by atoms with Crippen molar-refractivity contribution in [3.63, 3.8) is 0 Å². The molecule has 1 atom stereocenters. The van der Waals surface area contributed by atoms with Gasteiger partial charge in [0.25, 0.3) is 0 Å². The van der Waals surface area contributed by atoms with Crippen LogP contribution in [0, 0.1) is 5.92 Å². The summed E-state index contributed by atoms with van der Waals surface area (Å²) < 4.78 is 0. The van der Waals surface area contributed by atoms with Gasteiger partial charge in [0, 0.05) is 13.1 Å². The molecule has 1 rings (SSSR count). The Kier molecular flexibility index (Phi) is 17.1. The van der Waals surface area contributed by atoms with E-state index in [-0.39, 0.29) is 0 Å². The Morgan fingerprint density at radius 2 is 1.30 bits per heavy atom. The summed E-state index contributed by atoms with van der Waals surface area (Å²) in [7, 11) is 2.31. The van der Waals surface area contributed by atoms with Crippen LogP contribution in [0.5, 0.6) is 0 Å². The predicted molar refractivity (Wildman–Crippen MR) is 135 cm³/mol. The van der Waals surface area contributed by atoms with Gasteiger partial charge in [0.2, 0.25) is 0 Å². The topological polar surface area (TPSA) is 15.3 Å². The van der Waals surface area contributed by atoms with Gasteiger partial charge in [0.05, 0.1) is 0 Å². The maximum Gasteiger partial charge on any atom is 0.0230 e.